The zero-order valence-corrected chi connectivity index (χ0v) is 13.4. The first-order chi connectivity index (χ1) is 10.5. The highest BCUT2D eigenvalue weighted by Crippen LogP contribution is 2.19. The quantitative estimate of drug-likeness (QED) is 0.898. The van der Waals surface area contributed by atoms with Gasteiger partial charge in [-0.2, -0.15) is 0 Å². The van der Waals surface area contributed by atoms with Crippen molar-refractivity contribution in [2.24, 2.45) is 5.92 Å². The number of hydrogen-bond acceptors (Lipinski definition) is 2. The maximum Gasteiger partial charge on any atom is 0.252 e. The molecule has 0 aliphatic carbocycles. The number of piperidine rings is 1. The normalized spacial score (nSPS) is 17.0. The minimum Gasteiger partial charge on any atom is -0.352 e. The molecule has 0 atom stereocenters. The number of amides is 1. The second-order valence-corrected chi connectivity index (χ2v) is 6.24. The summed E-state index contributed by atoms with van der Waals surface area (Å²) in [7, 11) is 0. The SMILES string of the molecule is Cc1ccc(C(=O)NCC2CCN(CC(F)F)CC2)c(Cl)c1. The minimum absolute atomic E-state index is 0.155. The largest absolute Gasteiger partial charge is 0.352 e. The first kappa shape index (κ1) is 17.2. The van der Waals surface area contributed by atoms with Gasteiger partial charge in [0.05, 0.1) is 17.1 Å². The molecule has 0 saturated carbocycles. The second-order valence-electron chi connectivity index (χ2n) is 5.83. The van der Waals surface area contributed by atoms with Crippen LogP contribution in [0.2, 0.25) is 5.02 Å². The number of carbonyl (C=O) groups is 1. The molecular weight excluding hydrogens is 310 g/mol. The number of hydrogen-bond donors (Lipinski definition) is 1. The zero-order chi connectivity index (χ0) is 16.1. The summed E-state index contributed by atoms with van der Waals surface area (Å²) in [6, 6.07) is 5.33. The number of nitrogens with zero attached hydrogens (tertiary/aromatic N) is 1. The van der Waals surface area contributed by atoms with Gasteiger partial charge in [0.15, 0.2) is 0 Å². The number of halogens is 3. The molecule has 1 aliphatic heterocycles. The molecule has 0 aromatic heterocycles. The smallest absolute Gasteiger partial charge is 0.252 e. The van der Waals surface area contributed by atoms with Crippen molar-refractivity contribution in [1.29, 1.82) is 0 Å². The number of likely N-dealkylation sites (tertiary alicyclic amines) is 1. The highest BCUT2D eigenvalue weighted by atomic mass is 35.5. The fraction of sp³-hybridized carbons (Fsp3) is 0.562. The monoisotopic (exact) mass is 330 g/mol. The average molecular weight is 331 g/mol. The van der Waals surface area contributed by atoms with Gasteiger partial charge in [-0.3, -0.25) is 9.69 Å². The lowest BCUT2D eigenvalue weighted by molar-refractivity contribution is 0.0683. The number of benzene rings is 1. The molecule has 0 bridgehead atoms. The molecule has 0 radical (unpaired) electrons. The van der Waals surface area contributed by atoms with Crippen LogP contribution < -0.4 is 5.32 Å². The van der Waals surface area contributed by atoms with E-state index in [0.717, 1.165) is 18.4 Å². The topological polar surface area (TPSA) is 32.3 Å². The molecule has 22 heavy (non-hydrogen) atoms. The average Bonchev–Trinajstić information content (AvgIpc) is 2.45. The summed E-state index contributed by atoms with van der Waals surface area (Å²) in [5.41, 5.74) is 1.48. The highest BCUT2D eigenvalue weighted by Gasteiger charge is 2.22. The molecule has 0 spiro atoms. The van der Waals surface area contributed by atoms with Crippen molar-refractivity contribution in [3.8, 4) is 0 Å². The molecule has 1 aliphatic rings. The molecule has 122 valence electrons. The van der Waals surface area contributed by atoms with Gasteiger partial charge in [-0.05, 0) is 56.5 Å². The van der Waals surface area contributed by atoms with Crippen LogP contribution in [0.3, 0.4) is 0 Å². The third-order valence-corrected chi connectivity index (χ3v) is 4.34. The maximum absolute atomic E-state index is 12.3. The van der Waals surface area contributed by atoms with E-state index in [4.69, 9.17) is 11.6 Å². The van der Waals surface area contributed by atoms with Gasteiger partial charge in [-0.1, -0.05) is 17.7 Å². The summed E-state index contributed by atoms with van der Waals surface area (Å²) in [5.74, 6) is 0.155. The van der Waals surface area contributed by atoms with Crippen molar-refractivity contribution in [3.63, 3.8) is 0 Å². The van der Waals surface area contributed by atoms with Gasteiger partial charge < -0.3 is 5.32 Å². The summed E-state index contributed by atoms with van der Waals surface area (Å²) < 4.78 is 24.6. The van der Waals surface area contributed by atoms with Crippen LogP contribution in [0.25, 0.3) is 0 Å². The Morgan fingerprint density at radius 1 is 1.41 bits per heavy atom. The molecule has 1 aromatic carbocycles. The molecule has 1 heterocycles. The van der Waals surface area contributed by atoms with E-state index in [1.165, 1.54) is 0 Å². The summed E-state index contributed by atoms with van der Waals surface area (Å²) in [6.07, 6.45) is -0.622. The van der Waals surface area contributed by atoms with Gasteiger partial charge in [-0.15, -0.1) is 0 Å². The van der Waals surface area contributed by atoms with E-state index in [9.17, 15) is 13.6 Å². The minimum atomic E-state index is -2.28. The van der Waals surface area contributed by atoms with Crippen molar-refractivity contribution in [1.82, 2.24) is 10.2 Å². The zero-order valence-electron chi connectivity index (χ0n) is 12.6. The Bertz CT molecular complexity index is 517. The third kappa shape index (κ3) is 4.92. The summed E-state index contributed by atoms with van der Waals surface area (Å²) >= 11 is 6.07. The second kappa shape index (κ2) is 7.88. The number of carbonyl (C=O) groups excluding carboxylic acids is 1. The summed E-state index contributed by atoms with van der Waals surface area (Å²) in [6.45, 7) is 3.65. The Labute approximate surface area is 134 Å². The van der Waals surface area contributed by atoms with E-state index in [-0.39, 0.29) is 12.5 Å². The Hall–Kier alpha value is -1.20. The maximum atomic E-state index is 12.3. The number of aryl methyl sites for hydroxylation is 1. The third-order valence-electron chi connectivity index (χ3n) is 4.02. The Morgan fingerprint density at radius 2 is 2.09 bits per heavy atom. The lowest BCUT2D eigenvalue weighted by atomic mass is 9.96. The van der Waals surface area contributed by atoms with Gasteiger partial charge in [0.2, 0.25) is 0 Å². The van der Waals surface area contributed by atoms with Crippen LogP contribution in [0.4, 0.5) is 8.78 Å². The van der Waals surface area contributed by atoms with Gasteiger partial charge in [-0.25, -0.2) is 8.78 Å². The van der Waals surface area contributed by atoms with E-state index < -0.39 is 6.43 Å². The van der Waals surface area contributed by atoms with Crippen molar-refractivity contribution < 1.29 is 13.6 Å². The molecule has 1 saturated heterocycles. The summed E-state index contributed by atoms with van der Waals surface area (Å²) in [4.78, 5) is 13.9. The molecule has 1 N–H and O–H groups in total. The molecular formula is C16H21ClF2N2O. The summed E-state index contributed by atoms with van der Waals surface area (Å²) in [5, 5.41) is 3.34. The van der Waals surface area contributed by atoms with Gasteiger partial charge in [0.1, 0.15) is 0 Å². The lowest BCUT2D eigenvalue weighted by Gasteiger charge is -2.31. The predicted molar refractivity (Wildman–Crippen MR) is 83.7 cm³/mol. The number of rotatable bonds is 5. The number of alkyl halides is 2. The molecule has 3 nitrogen and oxygen atoms in total. The molecule has 1 fully saturated rings. The highest BCUT2D eigenvalue weighted by molar-refractivity contribution is 6.33. The van der Waals surface area contributed by atoms with Crippen molar-refractivity contribution >= 4 is 17.5 Å². The van der Waals surface area contributed by atoms with Crippen molar-refractivity contribution in [2.75, 3.05) is 26.2 Å². The van der Waals surface area contributed by atoms with Crippen LogP contribution in [-0.4, -0.2) is 43.4 Å². The molecule has 0 unspecified atom stereocenters. The van der Waals surface area contributed by atoms with Crippen molar-refractivity contribution in [3.05, 3.63) is 34.3 Å². The Balaban J connectivity index is 1.78. The lowest BCUT2D eigenvalue weighted by Crippen LogP contribution is -2.40. The van der Waals surface area contributed by atoms with E-state index in [1.54, 1.807) is 17.0 Å². The van der Waals surface area contributed by atoms with Gasteiger partial charge in [0.25, 0.3) is 12.3 Å². The Morgan fingerprint density at radius 3 is 2.68 bits per heavy atom. The molecule has 1 amide bonds. The van der Waals surface area contributed by atoms with Crippen molar-refractivity contribution in [2.45, 2.75) is 26.2 Å². The molecule has 1 aromatic rings. The predicted octanol–water partition coefficient (Wildman–Crippen LogP) is 3.36. The standard InChI is InChI=1S/C16H21ClF2N2O/c1-11-2-3-13(14(17)8-11)16(22)20-9-12-4-6-21(7-5-12)10-15(18)19/h2-3,8,12,15H,4-7,9-10H2,1H3,(H,20,22). The van der Waals surface area contributed by atoms with Crippen LogP contribution >= 0.6 is 11.6 Å². The first-order valence-corrected chi connectivity index (χ1v) is 7.88. The van der Waals surface area contributed by atoms with E-state index >= 15 is 0 Å². The first-order valence-electron chi connectivity index (χ1n) is 7.50. The van der Waals surface area contributed by atoms with E-state index in [2.05, 4.69) is 5.32 Å². The van der Waals surface area contributed by atoms with Crippen LogP contribution in [-0.2, 0) is 0 Å². The molecule has 2 rings (SSSR count). The van der Waals surface area contributed by atoms with E-state index in [0.29, 0.717) is 36.1 Å². The van der Waals surface area contributed by atoms with Crippen LogP contribution in [0.1, 0.15) is 28.8 Å². The number of nitrogens with one attached hydrogen (secondary N) is 1. The fourth-order valence-electron chi connectivity index (χ4n) is 2.70. The van der Waals surface area contributed by atoms with Crippen LogP contribution in [0.15, 0.2) is 18.2 Å². The Kier molecular flexibility index (Phi) is 6.15. The fourth-order valence-corrected chi connectivity index (χ4v) is 3.03. The van der Waals surface area contributed by atoms with Crippen LogP contribution in [0, 0.1) is 12.8 Å². The molecule has 6 heteroatoms. The van der Waals surface area contributed by atoms with Gasteiger partial charge >= 0.3 is 0 Å². The van der Waals surface area contributed by atoms with Crippen LogP contribution in [0.5, 0.6) is 0 Å². The van der Waals surface area contributed by atoms with E-state index in [1.807, 2.05) is 13.0 Å². The van der Waals surface area contributed by atoms with Gasteiger partial charge in [0, 0.05) is 6.54 Å².